The number of fused-ring (bicyclic) bond motifs is 1. The molecule has 21 heavy (non-hydrogen) atoms. The van der Waals surface area contributed by atoms with Gasteiger partial charge < -0.3 is 9.52 Å². The minimum absolute atomic E-state index is 0.149. The monoisotopic (exact) mass is 300 g/mol. The highest BCUT2D eigenvalue weighted by molar-refractivity contribution is 7.12. The van der Waals surface area contributed by atoms with Gasteiger partial charge in [-0.05, 0) is 42.1 Å². The van der Waals surface area contributed by atoms with Gasteiger partial charge in [0.1, 0.15) is 5.58 Å². The second-order valence-corrected chi connectivity index (χ2v) is 5.72. The van der Waals surface area contributed by atoms with E-state index in [1.807, 2.05) is 5.38 Å². The van der Waals surface area contributed by atoms with E-state index in [1.54, 1.807) is 37.3 Å². The van der Waals surface area contributed by atoms with E-state index in [0.29, 0.717) is 21.6 Å². The van der Waals surface area contributed by atoms with Crippen molar-refractivity contribution in [2.75, 3.05) is 0 Å². The van der Waals surface area contributed by atoms with E-state index in [9.17, 15) is 9.59 Å². The van der Waals surface area contributed by atoms with Gasteiger partial charge in [-0.25, -0.2) is 0 Å². The lowest BCUT2D eigenvalue weighted by molar-refractivity contribution is -0.138. The van der Waals surface area contributed by atoms with Crippen LogP contribution in [0, 0.1) is 0 Å². The van der Waals surface area contributed by atoms with Crippen LogP contribution in [0.3, 0.4) is 0 Å². The number of carbonyl (C=O) groups excluding carboxylic acids is 1. The van der Waals surface area contributed by atoms with Crippen LogP contribution in [0.4, 0.5) is 0 Å². The van der Waals surface area contributed by atoms with Gasteiger partial charge in [-0.15, -0.1) is 11.3 Å². The summed E-state index contributed by atoms with van der Waals surface area (Å²) in [5.41, 5.74) is 1.49. The maximum Gasteiger partial charge on any atom is 0.310 e. The van der Waals surface area contributed by atoms with E-state index in [-0.39, 0.29) is 5.78 Å². The molecule has 0 saturated carbocycles. The highest BCUT2D eigenvalue weighted by Crippen LogP contribution is 2.29. The first-order chi connectivity index (χ1) is 10.1. The number of carbonyl (C=O) groups is 2. The molecule has 0 aliphatic carbocycles. The van der Waals surface area contributed by atoms with Crippen molar-refractivity contribution < 1.29 is 19.1 Å². The summed E-state index contributed by atoms with van der Waals surface area (Å²) in [4.78, 5) is 24.3. The molecule has 0 aliphatic heterocycles. The molecule has 106 valence electrons. The van der Waals surface area contributed by atoms with Crippen LogP contribution in [0.25, 0.3) is 11.0 Å². The molecular weight excluding hydrogens is 288 g/mol. The molecule has 1 aromatic carbocycles. The molecule has 0 radical (unpaired) electrons. The molecule has 0 amide bonds. The number of benzene rings is 1. The van der Waals surface area contributed by atoms with Crippen molar-refractivity contribution in [3.05, 3.63) is 58.0 Å². The Labute approximate surface area is 124 Å². The van der Waals surface area contributed by atoms with Gasteiger partial charge >= 0.3 is 5.97 Å². The highest BCUT2D eigenvalue weighted by atomic mass is 32.1. The Kier molecular flexibility index (Phi) is 3.35. The SMILES string of the molecule is CC(C(=O)O)c1cc(C(=O)c2cccs2)c2occc2c1. The third-order valence-electron chi connectivity index (χ3n) is 3.43. The Balaban J connectivity index is 2.18. The van der Waals surface area contributed by atoms with Gasteiger partial charge in [-0.3, -0.25) is 9.59 Å². The van der Waals surface area contributed by atoms with Gasteiger partial charge in [0.05, 0.1) is 22.6 Å². The minimum atomic E-state index is -0.924. The van der Waals surface area contributed by atoms with Crippen LogP contribution in [0.5, 0.6) is 0 Å². The zero-order chi connectivity index (χ0) is 15.0. The maximum absolute atomic E-state index is 12.6. The maximum atomic E-state index is 12.6. The number of carboxylic acid groups (broad SMARTS) is 1. The van der Waals surface area contributed by atoms with E-state index < -0.39 is 11.9 Å². The van der Waals surface area contributed by atoms with Gasteiger partial charge in [0.25, 0.3) is 0 Å². The molecule has 4 nitrogen and oxygen atoms in total. The van der Waals surface area contributed by atoms with Gasteiger partial charge in [-0.1, -0.05) is 6.07 Å². The molecule has 0 spiro atoms. The van der Waals surface area contributed by atoms with E-state index in [4.69, 9.17) is 9.52 Å². The smallest absolute Gasteiger partial charge is 0.310 e. The Morgan fingerprint density at radius 2 is 2.10 bits per heavy atom. The van der Waals surface area contributed by atoms with E-state index >= 15 is 0 Å². The van der Waals surface area contributed by atoms with Crippen molar-refractivity contribution in [2.45, 2.75) is 12.8 Å². The van der Waals surface area contributed by atoms with Crippen LogP contribution in [-0.2, 0) is 4.79 Å². The van der Waals surface area contributed by atoms with Crippen molar-refractivity contribution in [1.29, 1.82) is 0 Å². The van der Waals surface area contributed by atoms with Crippen molar-refractivity contribution in [2.24, 2.45) is 0 Å². The van der Waals surface area contributed by atoms with E-state index in [2.05, 4.69) is 0 Å². The van der Waals surface area contributed by atoms with Crippen LogP contribution in [0.2, 0.25) is 0 Å². The molecule has 0 saturated heterocycles. The number of rotatable bonds is 4. The van der Waals surface area contributed by atoms with Crippen LogP contribution in [-0.4, -0.2) is 16.9 Å². The molecule has 2 aromatic heterocycles. The topological polar surface area (TPSA) is 67.5 Å². The number of hydrogen-bond donors (Lipinski definition) is 1. The van der Waals surface area contributed by atoms with E-state index in [1.165, 1.54) is 17.6 Å². The van der Waals surface area contributed by atoms with Crippen LogP contribution >= 0.6 is 11.3 Å². The molecule has 3 aromatic rings. The average molecular weight is 300 g/mol. The lowest BCUT2D eigenvalue weighted by Gasteiger charge is -2.09. The fourth-order valence-electron chi connectivity index (χ4n) is 2.21. The molecule has 1 atom stereocenters. The average Bonchev–Trinajstić information content (AvgIpc) is 3.15. The summed E-state index contributed by atoms with van der Waals surface area (Å²) in [6.45, 7) is 1.60. The second-order valence-electron chi connectivity index (χ2n) is 4.77. The number of ketones is 1. The van der Waals surface area contributed by atoms with Crippen molar-refractivity contribution in [1.82, 2.24) is 0 Å². The molecule has 2 heterocycles. The normalized spacial score (nSPS) is 12.4. The van der Waals surface area contributed by atoms with Crippen LogP contribution < -0.4 is 0 Å². The molecule has 5 heteroatoms. The van der Waals surface area contributed by atoms with Gasteiger partial charge in [0, 0.05) is 5.39 Å². The quantitative estimate of drug-likeness (QED) is 0.742. The molecular formula is C16H12O4S. The first-order valence-electron chi connectivity index (χ1n) is 6.40. The number of furan rings is 1. The Morgan fingerprint density at radius 3 is 2.76 bits per heavy atom. The molecule has 0 fully saturated rings. The number of carboxylic acids is 1. The summed E-state index contributed by atoms with van der Waals surface area (Å²) >= 11 is 1.35. The zero-order valence-electron chi connectivity index (χ0n) is 11.2. The number of hydrogen-bond acceptors (Lipinski definition) is 4. The van der Waals surface area contributed by atoms with Gasteiger partial charge in [0.2, 0.25) is 5.78 Å². The Hall–Kier alpha value is -2.40. The predicted molar refractivity (Wildman–Crippen MR) is 80.0 cm³/mol. The zero-order valence-corrected chi connectivity index (χ0v) is 12.0. The van der Waals surface area contributed by atoms with E-state index in [0.717, 1.165) is 5.39 Å². The molecule has 0 aliphatic rings. The fraction of sp³-hybridized carbons (Fsp3) is 0.125. The minimum Gasteiger partial charge on any atom is -0.481 e. The summed E-state index contributed by atoms with van der Waals surface area (Å²) in [6.07, 6.45) is 1.51. The summed E-state index contributed by atoms with van der Waals surface area (Å²) in [5.74, 6) is -1.75. The first kappa shape index (κ1) is 13.6. The Morgan fingerprint density at radius 1 is 1.29 bits per heavy atom. The lowest BCUT2D eigenvalue weighted by Crippen LogP contribution is -2.09. The van der Waals surface area contributed by atoms with Gasteiger partial charge in [-0.2, -0.15) is 0 Å². The molecule has 1 unspecified atom stereocenters. The standard InChI is InChI=1S/C16H12O4S/c1-9(16(18)19)11-7-10-4-5-20-15(10)12(8-11)14(17)13-3-2-6-21-13/h2-9H,1H3,(H,18,19). The molecule has 3 rings (SSSR count). The largest absolute Gasteiger partial charge is 0.481 e. The Bertz CT molecular complexity index is 814. The number of aliphatic carboxylic acids is 1. The van der Waals surface area contributed by atoms with Crippen LogP contribution in [0.15, 0.2) is 46.4 Å². The van der Waals surface area contributed by atoms with Crippen molar-refractivity contribution >= 4 is 34.1 Å². The lowest BCUT2D eigenvalue weighted by atomic mass is 9.95. The summed E-state index contributed by atoms with van der Waals surface area (Å²) < 4.78 is 5.40. The molecule has 0 bridgehead atoms. The predicted octanol–water partition coefficient (Wildman–Crippen LogP) is 3.91. The summed E-state index contributed by atoms with van der Waals surface area (Å²) in [5, 5.41) is 11.7. The third kappa shape index (κ3) is 2.36. The molecule has 1 N–H and O–H groups in total. The van der Waals surface area contributed by atoms with Crippen molar-refractivity contribution in [3.8, 4) is 0 Å². The van der Waals surface area contributed by atoms with Crippen LogP contribution in [0.1, 0.15) is 33.6 Å². The summed E-state index contributed by atoms with van der Waals surface area (Å²) in [7, 11) is 0. The first-order valence-corrected chi connectivity index (χ1v) is 7.28. The third-order valence-corrected chi connectivity index (χ3v) is 4.30. The number of thiophene rings is 1. The van der Waals surface area contributed by atoms with Crippen molar-refractivity contribution in [3.63, 3.8) is 0 Å². The highest BCUT2D eigenvalue weighted by Gasteiger charge is 2.21. The summed E-state index contributed by atoms with van der Waals surface area (Å²) in [6, 6.07) is 8.66. The second kappa shape index (κ2) is 5.18. The fourth-order valence-corrected chi connectivity index (χ4v) is 2.88. The van der Waals surface area contributed by atoms with Gasteiger partial charge in [0.15, 0.2) is 0 Å².